The van der Waals surface area contributed by atoms with Crippen LogP contribution in [-0.2, 0) is 4.74 Å². The smallest absolute Gasteiger partial charge is 0.0594 e. The first-order valence-corrected chi connectivity index (χ1v) is 7.43. The van der Waals surface area contributed by atoms with Crippen LogP contribution in [0.15, 0.2) is 12.3 Å². The van der Waals surface area contributed by atoms with Crippen molar-refractivity contribution in [1.82, 2.24) is 20.0 Å². The van der Waals surface area contributed by atoms with Gasteiger partial charge in [-0.25, -0.2) is 0 Å². The van der Waals surface area contributed by atoms with Crippen LogP contribution in [0.5, 0.6) is 0 Å². The first-order valence-electron chi connectivity index (χ1n) is 7.43. The zero-order valence-electron chi connectivity index (χ0n) is 11.6. The summed E-state index contributed by atoms with van der Waals surface area (Å²) >= 11 is 0. The second-order valence-corrected chi connectivity index (χ2v) is 5.61. The highest BCUT2D eigenvalue weighted by Crippen LogP contribution is 2.24. The van der Waals surface area contributed by atoms with E-state index in [1.807, 2.05) is 6.20 Å². The standard InChI is InChI=1S/C14H24N4O/c1-2-13(14-3-4-15-16-14)12-18(5-1)7-6-17-8-10-19-11-9-17/h3-4,13H,1-2,5-12H2,(H,15,16). The van der Waals surface area contributed by atoms with Gasteiger partial charge >= 0.3 is 0 Å². The number of rotatable bonds is 4. The van der Waals surface area contributed by atoms with Crippen LogP contribution in [0.4, 0.5) is 0 Å². The van der Waals surface area contributed by atoms with Crippen molar-refractivity contribution in [2.24, 2.45) is 0 Å². The molecule has 2 aliphatic heterocycles. The van der Waals surface area contributed by atoms with Crippen molar-refractivity contribution in [1.29, 1.82) is 0 Å². The number of H-pyrrole nitrogens is 1. The van der Waals surface area contributed by atoms with Crippen LogP contribution in [0.3, 0.4) is 0 Å². The molecule has 3 heterocycles. The minimum absolute atomic E-state index is 0.640. The normalized spacial score (nSPS) is 26.6. The molecule has 0 bridgehead atoms. The number of morpholine rings is 1. The fraction of sp³-hybridized carbons (Fsp3) is 0.786. The Labute approximate surface area is 114 Å². The Hall–Kier alpha value is -0.910. The molecular formula is C14H24N4O. The van der Waals surface area contributed by atoms with Gasteiger partial charge < -0.3 is 9.64 Å². The highest BCUT2D eigenvalue weighted by Gasteiger charge is 2.22. The van der Waals surface area contributed by atoms with Crippen molar-refractivity contribution < 1.29 is 4.74 Å². The van der Waals surface area contributed by atoms with E-state index in [-0.39, 0.29) is 0 Å². The Bertz CT molecular complexity index is 362. The van der Waals surface area contributed by atoms with Gasteiger partial charge in [0.05, 0.1) is 13.2 Å². The second kappa shape index (κ2) is 6.50. The predicted octanol–water partition coefficient (Wildman–Crippen LogP) is 0.921. The average molecular weight is 264 g/mol. The van der Waals surface area contributed by atoms with Gasteiger partial charge in [-0.1, -0.05) is 0 Å². The molecule has 5 heteroatoms. The van der Waals surface area contributed by atoms with Crippen LogP contribution >= 0.6 is 0 Å². The SMILES string of the molecule is c1cc(C2CCCN(CCN3CCOCC3)C2)[nH]n1. The third-order valence-corrected chi connectivity index (χ3v) is 4.30. The molecule has 3 rings (SSSR count). The summed E-state index contributed by atoms with van der Waals surface area (Å²) < 4.78 is 5.39. The second-order valence-electron chi connectivity index (χ2n) is 5.61. The first kappa shape index (κ1) is 13.1. The minimum atomic E-state index is 0.640. The van der Waals surface area contributed by atoms with E-state index in [4.69, 9.17) is 4.74 Å². The maximum atomic E-state index is 5.39. The van der Waals surface area contributed by atoms with Crippen molar-refractivity contribution in [3.05, 3.63) is 18.0 Å². The lowest BCUT2D eigenvalue weighted by Gasteiger charge is -2.34. The number of hydrogen-bond acceptors (Lipinski definition) is 4. The van der Waals surface area contributed by atoms with E-state index < -0.39 is 0 Å². The van der Waals surface area contributed by atoms with Crippen molar-refractivity contribution in [2.45, 2.75) is 18.8 Å². The summed E-state index contributed by atoms with van der Waals surface area (Å²) in [6, 6.07) is 2.12. The average Bonchev–Trinajstić information content (AvgIpc) is 3.01. The number of nitrogens with zero attached hydrogens (tertiary/aromatic N) is 3. The zero-order valence-corrected chi connectivity index (χ0v) is 11.6. The fourth-order valence-corrected chi connectivity index (χ4v) is 3.11. The number of nitrogens with one attached hydrogen (secondary N) is 1. The molecule has 0 amide bonds. The topological polar surface area (TPSA) is 44.4 Å². The van der Waals surface area contributed by atoms with E-state index in [1.54, 1.807) is 0 Å². The summed E-state index contributed by atoms with van der Waals surface area (Å²) in [5.41, 5.74) is 1.30. The fourth-order valence-electron chi connectivity index (χ4n) is 3.11. The summed E-state index contributed by atoms with van der Waals surface area (Å²) in [4.78, 5) is 5.12. The van der Waals surface area contributed by atoms with Crippen LogP contribution in [0.1, 0.15) is 24.5 Å². The molecule has 1 unspecified atom stereocenters. The van der Waals surface area contributed by atoms with Crippen molar-refractivity contribution in [3.8, 4) is 0 Å². The lowest BCUT2D eigenvalue weighted by Crippen LogP contribution is -2.43. The largest absolute Gasteiger partial charge is 0.379 e. The van der Waals surface area contributed by atoms with Crippen LogP contribution in [0, 0.1) is 0 Å². The van der Waals surface area contributed by atoms with E-state index in [2.05, 4.69) is 26.1 Å². The molecule has 0 aliphatic carbocycles. The minimum Gasteiger partial charge on any atom is -0.379 e. The molecule has 1 aromatic rings. The third-order valence-electron chi connectivity index (χ3n) is 4.30. The summed E-state index contributed by atoms with van der Waals surface area (Å²) in [6.07, 6.45) is 4.45. The molecule has 1 N–H and O–H groups in total. The van der Waals surface area contributed by atoms with Crippen LogP contribution in [-0.4, -0.2) is 72.5 Å². The van der Waals surface area contributed by atoms with E-state index in [9.17, 15) is 0 Å². The Morgan fingerprint density at radius 3 is 2.84 bits per heavy atom. The molecular weight excluding hydrogens is 240 g/mol. The highest BCUT2D eigenvalue weighted by molar-refractivity contribution is 5.07. The van der Waals surface area contributed by atoms with Gasteiger partial charge in [0, 0.05) is 50.5 Å². The number of aromatic amines is 1. The van der Waals surface area contributed by atoms with E-state index >= 15 is 0 Å². The van der Waals surface area contributed by atoms with Crippen molar-refractivity contribution >= 4 is 0 Å². The highest BCUT2D eigenvalue weighted by atomic mass is 16.5. The first-order chi connectivity index (χ1) is 9.42. The maximum absolute atomic E-state index is 5.39. The molecule has 2 aliphatic rings. The number of hydrogen-bond donors (Lipinski definition) is 1. The molecule has 0 aromatic carbocycles. The van der Waals surface area contributed by atoms with Gasteiger partial charge in [0.25, 0.3) is 0 Å². The number of aromatic nitrogens is 2. The summed E-state index contributed by atoms with van der Waals surface area (Å²) in [5, 5.41) is 7.21. The Kier molecular flexibility index (Phi) is 4.48. The number of ether oxygens (including phenoxy) is 1. The molecule has 106 valence electrons. The van der Waals surface area contributed by atoms with Gasteiger partial charge in [-0.2, -0.15) is 5.10 Å². The summed E-state index contributed by atoms with van der Waals surface area (Å²) in [5.74, 6) is 0.640. The molecule has 1 aromatic heterocycles. The quantitative estimate of drug-likeness (QED) is 0.878. The Morgan fingerprint density at radius 2 is 2.05 bits per heavy atom. The molecule has 0 spiro atoms. The number of likely N-dealkylation sites (tertiary alicyclic amines) is 1. The predicted molar refractivity (Wildman–Crippen MR) is 74.3 cm³/mol. The van der Waals surface area contributed by atoms with Crippen LogP contribution in [0.25, 0.3) is 0 Å². The van der Waals surface area contributed by atoms with Gasteiger partial charge in [-0.05, 0) is 25.5 Å². The molecule has 2 fully saturated rings. The molecule has 2 saturated heterocycles. The van der Waals surface area contributed by atoms with Crippen LogP contribution < -0.4 is 0 Å². The zero-order chi connectivity index (χ0) is 12.9. The van der Waals surface area contributed by atoms with E-state index in [1.165, 1.54) is 44.7 Å². The summed E-state index contributed by atoms with van der Waals surface area (Å²) in [6.45, 7) is 8.77. The maximum Gasteiger partial charge on any atom is 0.0594 e. The van der Waals surface area contributed by atoms with Gasteiger partial charge in [-0.15, -0.1) is 0 Å². The Balaban J connectivity index is 1.45. The van der Waals surface area contributed by atoms with Gasteiger partial charge in [0.2, 0.25) is 0 Å². The third kappa shape index (κ3) is 3.55. The molecule has 1 atom stereocenters. The van der Waals surface area contributed by atoms with Gasteiger partial charge in [-0.3, -0.25) is 10.00 Å². The molecule has 19 heavy (non-hydrogen) atoms. The van der Waals surface area contributed by atoms with Gasteiger partial charge in [0.1, 0.15) is 0 Å². The van der Waals surface area contributed by atoms with Gasteiger partial charge in [0.15, 0.2) is 0 Å². The van der Waals surface area contributed by atoms with E-state index in [0.29, 0.717) is 5.92 Å². The van der Waals surface area contributed by atoms with E-state index in [0.717, 1.165) is 26.3 Å². The van der Waals surface area contributed by atoms with Crippen molar-refractivity contribution in [3.63, 3.8) is 0 Å². The van der Waals surface area contributed by atoms with Crippen LogP contribution in [0.2, 0.25) is 0 Å². The lowest BCUT2D eigenvalue weighted by atomic mass is 9.95. The van der Waals surface area contributed by atoms with Crippen molar-refractivity contribution in [2.75, 3.05) is 52.5 Å². The molecule has 0 radical (unpaired) electrons. The molecule has 5 nitrogen and oxygen atoms in total. The Morgan fingerprint density at radius 1 is 1.21 bits per heavy atom. The lowest BCUT2D eigenvalue weighted by molar-refractivity contribution is 0.0318. The summed E-state index contributed by atoms with van der Waals surface area (Å²) in [7, 11) is 0. The number of piperidine rings is 1. The molecule has 0 saturated carbocycles. The monoisotopic (exact) mass is 264 g/mol.